The van der Waals surface area contributed by atoms with Crippen LogP contribution in [-0.2, 0) is 0 Å². The highest BCUT2D eigenvalue weighted by atomic mass is 19.4. The summed E-state index contributed by atoms with van der Waals surface area (Å²) in [6.45, 7) is 1.51. The third-order valence-corrected chi connectivity index (χ3v) is 5.63. The first kappa shape index (κ1) is 25.5. The standard InChI is InChI=1S/C23H20F6N4O3/c1-10(34)8-30-17-5-4-13-19(35)14(22(36)32-20(11-2-3-11)23(27,28)29)9-33(21(13)31-17)18-15(25)6-12(24)7-16(18)26/h4-7,9-11,20,34H,2-3,8H2,1H3,(H,30,31)(H,32,36)/t10-,20+/m1/s1. The summed E-state index contributed by atoms with van der Waals surface area (Å²) in [6.07, 6.45) is -4.41. The fourth-order valence-corrected chi connectivity index (χ4v) is 3.77. The van der Waals surface area contributed by atoms with Gasteiger partial charge in [-0.2, -0.15) is 13.2 Å². The van der Waals surface area contributed by atoms with Crippen molar-refractivity contribution in [1.29, 1.82) is 0 Å². The van der Waals surface area contributed by atoms with E-state index >= 15 is 0 Å². The number of carbonyl (C=O) groups excluding carboxylic acids is 1. The van der Waals surface area contributed by atoms with Crippen LogP contribution in [0.3, 0.4) is 0 Å². The lowest BCUT2D eigenvalue weighted by Crippen LogP contribution is -2.48. The van der Waals surface area contributed by atoms with Crippen LogP contribution < -0.4 is 16.1 Å². The zero-order valence-electron chi connectivity index (χ0n) is 18.7. The van der Waals surface area contributed by atoms with E-state index < -0.39 is 64.3 Å². The van der Waals surface area contributed by atoms with Gasteiger partial charge in [-0.1, -0.05) is 0 Å². The Balaban J connectivity index is 1.90. The minimum Gasteiger partial charge on any atom is -0.392 e. The first-order valence-corrected chi connectivity index (χ1v) is 10.9. The number of nitrogens with zero attached hydrogens (tertiary/aromatic N) is 2. The Morgan fingerprint density at radius 1 is 1.19 bits per heavy atom. The number of aliphatic hydroxyl groups excluding tert-OH is 1. The van der Waals surface area contributed by atoms with Crippen LogP contribution >= 0.6 is 0 Å². The Kier molecular flexibility index (Phi) is 6.69. The van der Waals surface area contributed by atoms with E-state index in [1.807, 2.05) is 5.32 Å². The average Bonchev–Trinajstić information content (AvgIpc) is 3.61. The molecule has 13 heteroatoms. The van der Waals surface area contributed by atoms with Crippen LogP contribution in [0.4, 0.5) is 32.2 Å². The number of amides is 1. The highest BCUT2D eigenvalue weighted by Gasteiger charge is 2.49. The van der Waals surface area contributed by atoms with Crippen LogP contribution in [-0.4, -0.2) is 45.4 Å². The van der Waals surface area contributed by atoms with Crippen molar-refractivity contribution in [1.82, 2.24) is 14.9 Å². The number of aliphatic hydroxyl groups is 1. The third kappa shape index (κ3) is 5.15. The number of hydrogen-bond acceptors (Lipinski definition) is 5. The lowest BCUT2D eigenvalue weighted by atomic mass is 10.1. The molecule has 1 amide bonds. The van der Waals surface area contributed by atoms with Gasteiger partial charge in [0.1, 0.15) is 28.9 Å². The van der Waals surface area contributed by atoms with Crippen molar-refractivity contribution >= 4 is 22.8 Å². The summed E-state index contributed by atoms with van der Waals surface area (Å²) in [5.74, 6) is -6.18. The summed E-state index contributed by atoms with van der Waals surface area (Å²) < 4.78 is 83.9. The van der Waals surface area contributed by atoms with Crippen molar-refractivity contribution in [2.24, 2.45) is 5.92 Å². The van der Waals surface area contributed by atoms with Gasteiger partial charge in [-0.25, -0.2) is 18.2 Å². The molecule has 192 valence electrons. The van der Waals surface area contributed by atoms with Crippen molar-refractivity contribution in [3.63, 3.8) is 0 Å². The average molecular weight is 514 g/mol. The number of halogens is 6. The number of rotatable bonds is 7. The zero-order valence-corrected chi connectivity index (χ0v) is 18.7. The molecule has 2 heterocycles. The largest absolute Gasteiger partial charge is 0.408 e. The molecule has 0 radical (unpaired) electrons. The van der Waals surface area contributed by atoms with E-state index in [0.717, 1.165) is 0 Å². The molecule has 2 atom stereocenters. The SMILES string of the molecule is C[C@@H](O)CNc1ccc2c(=O)c(C(=O)N[C@@H](C3CC3)C(F)(F)F)cn(-c3c(F)cc(F)cc3F)c2n1. The monoisotopic (exact) mass is 514 g/mol. The minimum absolute atomic E-state index is 0.0303. The number of anilines is 1. The van der Waals surface area contributed by atoms with Gasteiger partial charge in [0, 0.05) is 24.9 Å². The number of nitrogens with one attached hydrogen (secondary N) is 2. The van der Waals surface area contributed by atoms with E-state index in [1.54, 1.807) is 0 Å². The van der Waals surface area contributed by atoms with Gasteiger partial charge in [-0.15, -0.1) is 0 Å². The van der Waals surface area contributed by atoms with Gasteiger partial charge in [0.15, 0.2) is 17.3 Å². The Hall–Kier alpha value is -3.61. The molecule has 1 fully saturated rings. The topological polar surface area (TPSA) is 96.3 Å². The van der Waals surface area contributed by atoms with Crippen molar-refractivity contribution in [2.75, 3.05) is 11.9 Å². The van der Waals surface area contributed by atoms with Gasteiger partial charge in [0.05, 0.1) is 11.5 Å². The van der Waals surface area contributed by atoms with Gasteiger partial charge in [0.2, 0.25) is 5.43 Å². The molecule has 0 bridgehead atoms. The van der Waals surface area contributed by atoms with E-state index in [0.29, 0.717) is 22.9 Å². The van der Waals surface area contributed by atoms with E-state index in [1.165, 1.54) is 19.1 Å². The molecule has 0 saturated heterocycles. The van der Waals surface area contributed by atoms with Crippen LogP contribution in [0.2, 0.25) is 0 Å². The molecule has 1 aliphatic rings. The van der Waals surface area contributed by atoms with Crippen LogP contribution in [0.1, 0.15) is 30.1 Å². The predicted octanol–water partition coefficient (Wildman–Crippen LogP) is 3.67. The smallest absolute Gasteiger partial charge is 0.392 e. The van der Waals surface area contributed by atoms with Gasteiger partial charge in [0.25, 0.3) is 5.91 Å². The van der Waals surface area contributed by atoms with Gasteiger partial charge < -0.3 is 15.7 Å². The number of fused-ring (bicyclic) bond motifs is 1. The molecule has 2 aromatic heterocycles. The van der Waals surface area contributed by atoms with Crippen molar-refractivity contribution < 1.29 is 36.2 Å². The van der Waals surface area contributed by atoms with E-state index in [2.05, 4.69) is 10.3 Å². The number of hydrogen-bond donors (Lipinski definition) is 3. The second-order valence-electron chi connectivity index (χ2n) is 8.59. The minimum atomic E-state index is -4.77. The molecule has 1 saturated carbocycles. The van der Waals surface area contributed by atoms with Gasteiger partial charge in [-0.05, 0) is 37.8 Å². The maximum Gasteiger partial charge on any atom is 0.408 e. The van der Waals surface area contributed by atoms with Crippen LogP contribution in [0.15, 0.2) is 35.3 Å². The quantitative estimate of drug-likeness (QED) is 0.419. The Morgan fingerprint density at radius 2 is 1.83 bits per heavy atom. The summed E-state index contributed by atoms with van der Waals surface area (Å²) >= 11 is 0. The molecule has 3 aromatic rings. The third-order valence-electron chi connectivity index (χ3n) is 5.63. The van der Waals surface area contributed by atoms with Crippen LogP contribution in [0.25, 0.3) is 16.7 Å². The lowest BCUT2D eigenvalue weighted by Gasteiger charge is -2.22. The summed E-state index contributed by atoms with van der Waals surface area (Å²) in [5.41, 5.74) is -3.09. The first-order chi connectivity index (χ1) is 16.9. The van der Waals surface area contributed by atoms with Crippen LogP contribution in [0.5, 0.6) is 0 Å². The maximum absolute atomic E-state index is 14.7. The molecule has 0 aliphatic heterocycles. The predicted molar refractivity (Wildman–Crippen MR) is 117 cm³/mol. The molecule has 7 nitrogen and oxygen atoms in total. The van der Waals surface area contributed by atoms with Crippen molar-refractivity contribution in [3.8, 4) is 5.69 Å². The number of carbonyl (C=O) groups is 1. The van der Waals surface area contributed by atoms with E-state index in [-0.39, 0.29) is 36.2 Å². The molecule has 0 spiro atoms. The summed E-state index contributed by atoms with van der Waals surface area (Å²) in [7, 11) is 0. The summed E-state index contributed by atoms with van der Waals surface area (Å²) in [4.78, 5) is 30.0. The molecule has 3 N–H and O–H groups in total. The second kappa shape index (κ2) is 9.45. The summed E-state index contributed by atoms with van der Waals surface area (Å²) in [5, 5.41) is 13.7. The summed E-state index contributed by atoms with van der Waals surface area (Å²) in [6, 6.07) is 0.995. The van der Waals surface area contributed by atoms with Gasteiger partial charge >= 0.3 is 6.18 Å². The first-order valence-electron chi connectivity index (χ1n) is 10.9. The zero-order chi connectivity index (χ0) is 26.4. The maximum atomic E-state index is 14.7. The fourth-order valence-electron chi connectivity index (χ4n) is 3.77. The molecule has 36 heavy (non-hydrogen) atoms. The Bertz CT molecular complexity index is 1360. The van der Waals surface area contributed by atoms with Gasteiger partial charge in [-0.3, -0.25) is 14.2 Å². The Labute approximate surface area is 199 Å². The number of aromatic nitrogens is 2. The highest BCUT2D eigenvalue weighted by Crippen LogP contribution is 2.40. The van der Waals surface area contributed by atoms with E-state index in [4.69, 9.17) is 0 Å². The molecule has 1 aromatic carbocycles. The molecule has 1 aliphatic carbocycles. The molecular weight excluding hydrogens is 494 g/mol. The number of alkyl halides is 3. The fraction of sp³-hybridized carbons (Fsp3) is 0.348. The van der Waals surface area contributed by atoms with E-state index in [9.17, 15) is 41.0 Å². The lowest BCUT2D eigenvalue weighted by molar-refractivity contribution is -0.158. The molecular formula is C23H20F6N4O3. The highest BCUT2D eigenvalue weighted by molar-refractivity contribution is 5.97. The number of pyridine rings is 2. The van der Waals surface area contributed by atoms with Crippen molar-refractivity contribution in [2.45, 2.75) is 38.1 Å². The van der Waals surface area contributed by atoms with Crippen LogP contribution in [0, 0.1) is 23.4 Å². The van der Waals surface area contributed by atoms with Crippen molar-refractivity contribution in [3.05, 3.63) is 63.7 Å². The molecule has 0 unspecified atom stereocenters. The Morgan fingerprint density at radius 3 is 2.39 bits per heavy atom. The normalized spacial score (nSPS) is 15.6. The number of benzene rings is 1. The molecule has 4 rings (SSSR count). The second-order valence-corrected chi connectivity index (χ2v) is 8.59.